The number of aliphatic imine (C=N–C) groups is 2. The van der Waals surface area contributed by atoms with E-state index >= 15 is 0 Å². The van der Waals surface area contributed by atoms with E-state index in [-0.39, 0.29) is 0 Å². The molecule has 1 rings (SSSR count). The molecule has 0 amide bonds. The van der Waals surface area contributed by atoms with Crippen LogP contribution in [0.4, 0.5) is 28.9 Å². The lowest BCUT2D eigenvalue weighted by Crippen LogP contribution is -2.26. The standard InChI is InChI=1S/C8H6F4N6O2/c9-1-2(10)4(12)6(18(19)20)5(3(1)11)16-8(15)17-7(13)14/h(H6,13,14,15,16,17). The number of benzene rings is 1. The summed E-state index contributed by atoms with van der Waals surface area (Å²) < 4.78 is 52.5. The number of rotatable bonds is 2. The van der Waals surface area contributed by atoms with Gasteiger partial charge < -0.3 is 17.2 Å². The summed E-state index contributed by atoms with van der Waals surface area (Å²) in [6.45, 7) is 0. The SMILES string of the molecule is NC(N)=NC(N)=Nc1c(F)c(F)c(F)c(F)c1[N+](=O)[O-]. The van der Waals surface area contributed by atoms with Crippen molar-refractivity contribution in [3.05, 3.63) is 33.4 Å². The molecule has 1 aromatic carbocycles. The van der Waals surface area contributed by atoms with Crippen molar-refractivity contribution >= 4 is 23.3 Å². The van der Waals surface area contributed by atoms with Gasteiger partial charge in [0.25, 0.3) is 0 Å². The average Bonchev–Trinajstić information content (AvgIpc) is 2.32. The maximum absolute atomic E-state index is 13.4. The van der Waals surface area contributed by atoms with E-state index in [0.29, 0.717) is 0 Å². The van der Waals surface area contributed by atoms with Gasteiger partial charge in [-0.3, -0.25) is 10.1 Å². The molecular formula is C8H6F4N6O2. The lowest BCUT2D eigenvalue weighted by molar-refractivity contribution is -0.387. The molecular weight excluding hydrogens is 288 g/mol. The zero-order chi connectivity index (χ0) is 15.6. The summed E-state index contributed by atoms with van der Waals surface area (Å²) in [5.41, 5.74) is 11.6. The minimum absolute atomic E-state index is 0.641. The van der Waals surface area contributed by atoms with E-state index in [1.54, 1.807) is 0 Å². The van der Waals surface area contributed by atoms with Crippen LogP contribution in [0.1, 0.15) is 0 Å². The average molecular weight is 294 g/mol. The molecule has 0 aliphatic heterocycles. The number of nitrogens with two attached hydrogens (primary N) is 3. The second-order valence-corrected chi connectivity index (χ2v) is 3.22. The third-order valence-corrected chi connectivity index (χ3v) is 1.87. The first-order valence-electron chi connectivity index (χ1n) is 4.61. The van der Waals surface area contributed by atoms with Crippen molar-refractivity contribution in [3.63, 3.8) is 0 Å². The first kappa shape index (κ1) is 15.1. The molecule has 0 aliphatic carbocycles. The van der Waals surface area contributed by atoms with Crippen molar-refractivity contribution in [2.75, 3.05) is 0 Å². The first-order chi connectivity index (χ1) is 9.16. The lowest BCUT2D eigenvalue weighted by atomic mass is 10.2. The van der Waals surface area contributed by atoms with Crippen molar-refractivity contribution in [1.29, 1.82) is 0 Å². The molecule has 0 unspecified atom stereocenters. The minimum atomic E-state index is -2.35. The molecule has 6 N–H and O–H groups in total. The molecule has 0 saturated heterocycles. The molecule has 0 saturated carbocycles. The highest BCUT2D eigenvalue weighted by Crippen LogP contribution is 2.36. The maximum Gasteiger partial charge on any atom is 0.336 e. The molecule has 0 fully saturated rings. The largest absolute Gasteiger partial charge is 0.370 e. The van der Waals surface area contributed by atoms with Crippen LogP contribution >= 0.6 is 0 Å². The van der Waals surface area contributed by atoms with Crippen LogP contribution in [0, 0.1) is 33.4 Å². The summed E-state index contributed by atoms with van der Waals surface area (Å²) in [6.07, 6.45) is 0. The Morgan fingerprint density at radius 1 is 1.00 bits per heavy atom. The molecule has 8 nitrogen and oxygen atoms in total. The van der Waals surface area contributed by atoms with Gasteiger partial charge in [0.1, 0.15) is 0 Å². The quantitative estimate of drug-likeness (QED) is 0.137. The van der Waals surface area contributed by atoms with Gasteiger partial charge in [-0.25, -0.2) is 18.2 Å². The molecule has 0 bridgehead atoms. The van der Waals surface area contributed by atoms with Gasteiger partial charge >= 0.3 is 5.69 Å². The van der Waals surface area contributed by atoms with Crippen LogP contribution in [0.25, 0.3) is 0 Å². The van der Waals surface area contributed by atoms with E-state index in [1.807, 2.05) is 0 Å². The highest BCUT2D eigenvalue weighted by Gasteiger charge is 2.33. The Hall–Kier alpha value is -2.92. The number of halogens is 4. The first-order valence-corrected chi connectivity index (χ1v) is 4.61. The van der Waals surface area contributed by atoms with E-state index in [1.165, 1.54) is 0 Å². The van der Waals surface area contributed by atoms with E-state index in [4.69, 9.17) is 17.2 Å². The number of hydrogen-bond donors (Lipinski definition) is 3. The summed E-state index contributed by atoms with van der Waals surface area (Å²) in [5, 5.41) is 10.6. The monoisotopic (exact) mass is 294 g/mol. The Bertz CT molecular complexity index is 641. The van der Waals surface area contributed by atoms with Crippen molar-refractivity contribution in [2.45, 2.75) is 0 Å². The second-order valence-electron chi connectivity index (χ2n) is 3.22. The lowest BCUT2D eigenvalue weighted by Gasteiger charge is -2.04. The third-order valence-electron chi connectivity index (χ3n) is 1.87. The second kappa shape index (κ2) is 5.38. The fraction of sp³-hybridized carbons (Fsp3) is 0. The molecule has 12 heteroatoms. The van der Waals surface area contributed by atoms with Crippen molar-refractivity contribution < 1.29 is 22.5 Å². The van der Waals surface area contributed by atoms with Crippen molar-refractivity contribution in [1.82, 2.24) is 0 Å². The predicted octanol–water partition coefficient (Wildman–Crippen LogP) is 0.371. The Kier molecular flexibility index (Phi) is 4.07. The normalized spacial score (nSPS) is 11.3. The van der Waals surface area contributed by atoms with Gasteiger partial charge in [-0.2, -0.15) is 9.38 Å². The highest BCUT2D eigenvalue weighted by atomic mass is 19.2. The summed E-state index contributed by atoms with van der Waals surface area (Å²) in [5.74, 6) is -10.5. The Balaban J connectivity index is 3.69. The molecule has 20 heavy (non-hydrogen) atoms. The topological polar surface area (TPSA) is 146 Å². The van der Waals surface area contributed by atoms with E-state index in [0.717, 1.165) is 0 Å². The molecule has 0 radical (unpaired) electrons. The number of nitrogens with zero attached hydrogens (tertiary/aromatic N) is 3. The molecule has 0 heterocycles. The smallest absolute Gasteiger partial charge is 0.336 e. The van der Waals surface area contributed by atoms with Crippen LogP contribution in [0.15, 0.2) is 9.98 Å². The fourth-order valence-electron chi connectivity index (χ4n) is 1.15. The van der Waals surface area contributed by atoms with Crippen LogP contribution in [0.5, 0.6) is 0 Å². The Morgan fingerprint density at radius 2 is 1.50 bits per heavy atom. The highest BCUT2D eigenvalue weighted by molar-refractivity contribution is 5.94. The van der Waals surface area contributed by atoms with Gasteiger partial charge in [0.05, 0.1) is 4.92 Å². The van der Waals surface area contributed by atoms with Crippen LogP contribution < -0.4 is 17.2 Å². The van der Waals surface area contributed by atoms with E-state index in [9.17, 15) is 27.7 Å². The number of guanidine groups is 2. The summed E-state index contributed by atoms with van der Waals surface area (Å²) in [6, 6.07) is 0. The molecule has 1 aromatic rings. The summed E-state index contributed by atoms with van der Waals surface area (Å²) in [4.78, 5) is 15.1. The number of nitro benzene ring substituents is 1. The molecule has 0 spiro atoms. The van der Waals surface area contributed by atoms with Gasteiger partial charge in [0, 0.05) is 0 Å². The maximum atomic E-state index is 13.4. The van der Waals surface area contributed by atoms with Crippen LogP contribution in [0.2, 0.25) is 0 Å². The molecule has 0 aliphatic rings. The van der Waals surface area contributed by atoms with Gasteiger partial charge in [-0.15, -0.1) is 0 Å². The van der Waals surface area contributed by atoms with Gasteiger partial charge in [0.15, 0.2) is 23.3 Å². The van der Waals surface area contributed by atoms with Crippen molar-refractivity contribution in [3.8, 4) is 0 Å². The fourth-order valence-corrected chi connectivity index (χ4v) is 1.15. The number of nitro groups is 1. The van der Waals surface area contributed by atoms with Crippen LogP contribution in [-0.2, 0) is 0 Å². The summed E-state index contributed by atoms with van der Waals surface area (Å²) >= 11 is 0. The predicted molar refractivity (Wildman–Crippen MR) is 60.0 cm³/mol. The third kappa shape index (κ3) is 2.73. The zero-order valence-corrected chi connectivity index (χ0v) is 9.40. The van der Waals surface area contributed by atoms with E-state index < -0.39 is 51.5 Å². The Labute approximate surface area is 107 Å². The summed E-state index contributed by atoms with van der Waals surface area (Å²) in [7, 11) is 0. The minimum Gasteiger partial charge on any atom is -0.370 e. The van der Waals surface area contributed by atoms with Gasteiger partial charge in [-0.1, -0.05) is 0 Å². The molecule has 0 atom stereocenters. The number of hydrogen-bond acceptors (Lipinski definition) is 3. The molecule has 108 valence electrons. The molecule has 0 aromatic heterocycles. The zero-order valence-electron chi connectivity index (χ0n) is 9.40. The van der Waals surface area contributed by atoms with E-state index in [2.05, 4.69) is 9.98 Å². The van der Waals surface area contributed by atoms with Gasteiger partial charge in [-0.05, 0) is 0 Å². The Morgan fingerprint density at radius 3 is 1.95 bits per heavy atom. The van der Waals surface area contributed by atoms with Gasteiger partial charge in [0.2, 0.25) is 17.6 Å². The van der Waals surface area contributed by atoms with Crippen molar-refractivity contribution in [2.24, 2.45) is 27.2 Å². The van der Waals surface area contributed by atoms with Crippen LogP contribution in [-0.4, -0.2) is 16.8 Å². The van der Waals surface area contributed by atoms with Crippen LogP contribution in [0.3, 0.4) is 0 Å².